The number of amides is 1. The van der Waals surface area contributed by atoms with Crippen LogP contribution in [-0.4, -0.2) is 20.3 Å². The Labute approximate surface area is 142 Å². The summed E-state index contributed by atoms with van der Waals surface area (Å²) < 4.78 is 1.82. The molecule has 0 aliphatic rings. The van der Waals surface area contributed by atoms with E-state index in [0.29, 0.717) is 10.8 Å². The molecule has 0 atom stereocenters. The topological polar surface area (TPSA) is 59.3 Å². The fraction of sp³-hybridized carbons (Fsp3) is 0.0556. The number of pyridine rings is 1. The van der Waals surface area contributed by atoms with Crippen molar-refractivity contribution in [1.29, 1.82) is 0 Å². The van der Waals surface area contributed by atoms with E-state index in [9.17, 15) is 4.79 Å². The van der Waals surface area contributed by atoms with E-state index in [1.807, 2.05) is 47.0 Å². The molecule has 1 aromatic carbocycles. The Morgan fingerprint density at radius 2 is 1.96 bits per heavy atom. The Balaban J connectivity index is 1.48. The van der Waals surface area contributed by atoms with Gasteiger partial charge >= 0.3 is 0 Å². The van der Waals surface area contributed by atoms with Crippen molar-refractivity contribution in [3.05, 3.63) is 83.3 Å². The summed E-state index contributed by atoms with van der Waals surface area (Å²) in [5.41, 5.74) is 2.34. The molecule has 0 fully saturated rings. The van der Waals surface area contributed by atoms with Gasteiger partial charge in [0.2, 0.25) is 0 Å². The zero-order valence-electron chi connectivity index (χ0n) is 12.7. The van der Waals surface area contributed by atoms with Crippen LogP contribution in [-0.2, 0) is 6.42 Å². The van der Waals surface area contributed by atoms with Crippen molar-refractivity contribution in [2.75, 3.05) is 5.32 Å². The molecular formula is C18H14N4OS. The summed E-state index contributed by atoms with van der Waals surface area (Å²) in [5, 5.41) is 3.40. The van der Waals surface area contributed by atoms with Gasteiger partial charge in [-0.1, -0.05) is 36.4 Å². The van der Waals surface area contributed by atoms with Crippen LogP contribution in [0.5, 0.6) is 0 Å². The van der Waals surface area contributed by atoms with E-state index in [4.69, 9.17) is 0 Å². The molecule has 0 aliphatic heterocycles. The van der Waals surface area contributed by atoms with Gasteiger partial charge in [-0.2, -0.15) is 0 Å². The molecule has 0 bridgehead atoms. The maximum absolute atomic E-state index is 12.3. The molecule has 118 valence electrons. The van der Waals surface area contributed by atoms with E-state index in [2.05, 4.69) is 27.4 Å². The Morgan fingerprint density at radius 1 is 1.12 bits per heavy atom. The van der Waals surface area contributed by atoms with E-state index in [1.165, 1.54) is 16.9 Å². The zero-order chi connectivity index (χ0) is 16.4. The maximum Gasteiger partial charge on any atom is 0.277 e. The molecule has 0 spiro atoms. The number of nitrogens with zero attached hydrogens (tertiary/aromatic N) is 3. The van der Waals surface area contributed by atoms with Gasteiger partial charge in [-0.05, 0) is 17.7 Å². The number of nitrogens with one attached hydrogen (secondary N) is 1. The van der Waals surface area contributed by atoms with Crippen LogP contribution in [0.1, 0.15) is 20.9 Å². The van der Waals surface area contributed by atoms with Crippen molar-refractivity contribution in [2.45, 2.75) is 6.42 Å². The molecule has 3 heterocycles. The summed E-state index contributed by atoms with van der Waals surface area (Å²) in [6.07, 6.45) is 6.18. The third-order valence-electron chi connectivity index (χ3n) is 3.59. The van der Waals surface area contributed by atoms with Crippen molar-refractivity contribution in [2.24, 2.45) is 0 Å². The molecule has 3 aromatic heterocycles. The number of aromatic nitrogens is 3. The smallest absolute Gasteiger partial charge is 0.277 e. The maximum atomic E-state index is 12.3. The minimum absolute atomic E-state index is 0.251. The van der Waals surface area contributed by atoms with Gasteiger partial charge in [0.1, 0.15) is 11.3 Å². The molecule has 0 saturated heterocycles. The lowest BCUT2D eigenvalue weighted by molar-refractivity contribution is 0.102. The van der Waals surface area contributed by atoms with Crippen LogP contribution in [0.2, 0.25) is 0 Å². The highest BCUT2D eigenvalue weighted by Gasteiger charge is 2.13. The van der Waals surface area contributed by atoms with Gasteiger partial charge in [-0.15, -0.1) is 11.3 Å². The molecule has 1 amide bonds. The van der Waals surface area contributed by atoms with Gasteiger partial charge in [-0.3, -0.25) is 10.1 Å². The zero-order valence-corrected chi connectivity index (χ0v) is 13.5. The number of imidazole rings is 1. The van der Waals surface area contributed by atoms with Crippen molar-refractivity contribution < 1.29 is 4.79 Å². The monoisotopic (exact) mass is 334 g/mol. The lowest BCUT2D eigenvalue weighted by atomic mass is 10.1. The predicted octanol–water partition coefficient (Wildman–Crippen LogP) is 3.63. The van der Waals surface area contributed by atoms with Gasteiger partial charge in [0.15, 0.2) is 5.13 Å². The van der Waals surface area contributed by atoms with Crippen LogP contribution >= 0.6 is 11.3 Å². The third kappa shape index (κ3) is 3.04. The summed E-state index contributed by atoms with van der Waals surface area (Å²) in [6.45, 7) is 0. The van der Waals surface area contributed by atoms with Crippen LogP contribution in [0.3, 0.4) is 0 Å². The Bertz CT molecular complexity index is 957. The first kappa shape index (κ1) is 14.6. The van der Waals surface area contributed by atoms with Crippen LogP contribution in [0.25, 0.3) is 5.65 Å². The molecule has 0 aliphatic carbocycles. The summed E-state index contributed by atoms with van der Waals surface area (Å²) >= 11 is 1.48. The second kappa shape index (κ2) is 6.25. The van der Waals surface area contributed by atoms with E-state index < -0.39 is 0 Å². The van der Waals surface area contributed by atoms with Crippen molar-refractivity contribution in [3.63, 3.8) is 0 Å². The second-order valence-electron chi connectivity index (χ2n) is 5.34. The van der Waals surface area contributed by atoms with E-state index in [0.717, 1.165) is 16.9 Å². The summed E-state index contributed by atoms with van der Waals surface area (Å²) in [5.74, 6) is -0.251. The number of carbonyl (C=O) groups excluding carboxylic acids is 1. The lowest BCUT2D eigenvalue weighted by Crippen LogP contribution is -2.11. The largest absolute Gasteiger partial charge is 0.306 e. The van der Waals surface area contributed by atoms with Crippen molar-refractivity contribution in [3.8, 4) is 0 Å². The molecular weight excluding hydrogens is 320 g/mol. The first-order valence-corrected chi connectivity index (χ1v) is 8.33. The molecule has 4 rings (SSSR count). The molecule has 0 saturated carbocycles. The number of rotatable bonds is 4. The minimum atomic E-state index is -0.251. The summed E-state index contributed by atoms with van der Waals surface area (Å²) in [4.78, 5) is 22.0. The SMILES string of the molecule is O=C(Nc1ncc(Cc2ccccc2)s1)c1cn2ccccc2n1. The Kier molecular flexibility index (Phi) is 3.80. The molecule has 5 nitrogen and oxygen atoms in total. The highest BCUT2D eigenvalue weighted by atomic mass is 32.1. The highest BCUT2D eigenvalue weighted by Crippen LogP contribution is 2.21. The first-order valence-electron chi connectivity index (χ1n) is 7.52. The number of hydrogen-bond acceptors (Lipinski definition) is 4. The number of carbonyl (C=O) groups is 1. The van der Waals surface area contributed by atoms with E-state index >= 15 is 0 Å². The standard InChI is InChI=1S/C18H14N4OS/c23-17(15-12-22-9-5-4-8-16(22)20-15)21-18-19-11-14(24-18)10-13-6-2-1-3-7-13/h1-9,11-12H,10H2,(H,19,21,23). The molecule has 6 heteroatoms. The molecule has 1 N–H and O–H groups in total. The summed E-state index contributed by atoms with van der Waals surface area (Å²) in [6, 6.07) is 15.8. The summed E-state index contributed by atoms with van der Waals surface area (Å²) in [7, 11) is 0. The number of hydrogen-bond donors (Lipinski definition) is 1. The van der Waals surface area contributed by atoms with Crippen LogP contribution in [0.4, 0.5) is 5.13 Å². The predicted molar refractivity (Wildman–Crippen MR) is 94.5 cm³/mol. The normalized spacial score (nSPS) is 10.8. The highest BCUT2D eigenvalue weighted by molar-refractivity contribution is 7.15. The fourth-order valence-electron chi connectivity index (χ4n) is 2.45. The Morgan fingerprint density at radius 3 is 2.79 bits per heavy atom. The number of anilines is 1. The quantitative estimate of drug-likeness (QED) is 0.620. The Hall–Kier alpha value is -2.99. The first-order chi connectivity index (χ1) is 11.8. The molecule has 0 radical (unpaired) electrons. The van der Waals surface area contributed by atoms with Crippen molar-refractivity contribution in [1.82, 2.24) is 14.4 Å². The lowest BCUT2D eigenvalue weighted by Gasteiger charge is -1.98. The molecule has 24 heavy (non-hydrogen) atoms. The van der Waals surface area contributed by atoms with E-state index in [-0.39, 0.29) is 5.91 Å². The van der Waals surface area contributed by atoms with Crippen molar-refractivity contribution >= 4 is 28.0 Å². The second-order valence-corrected chi connectivity index (χ2v) is 6.46. The van der Waals surface area contributed by atoms with Gasteiger partial charge < -0.3 is 4.40 Å². The third-order valence-corrected chi connectivity index (χ3v) is 4.50. The number of thiazole rings is 1. The van der Waals surface area contributed by atoms with Gasteiger partial charge in [0.05, 0.1) is 0 Å². The fourth-order valence-corrected chi connectivity index (χ4v) is 3.29. The minimum Gasteiger partial charge on any atom is -0.306 e. The molecule has 0 unspecified atom stereocenters. The average molecular weight is 334 g/mol. The molecule has 4 aromatic rings. The number of fused-ring (bicyclic) bond motifs is 1. The van der Waals surface area contributed by atoms with E-state index in [1.54, 1.807) is 12.4 Å². The van der Waals surface area contributed by atoms with Crippen LogP contribution in [0, 0.1) is 0 Å². The number of benzene rings is 1. The van der Waals surface area contributed by atoms with Gasteiger partial charge in [0.25, 0.3) is 5.91 Å². The average Bonchev–Trinajstić information content (AvgIpc) is 3.22. The van der Waals surface area contributed by atoms with Crippen LogP contribution in [0.15, 0.2) is 67.1 Å². The van der Waals surface area contributed by atoms with Crippen LogP contribution < -0.4 is 5.32 Å². The van der Waals surface area contributed by atoms with Gasteiger partial charge in [0, 0.05) is 29.9 Å². The van der Waals surface area contributed by atoms with Gasteiger partial charge in [-0.25, -0.2) is 9.97 Å².